The van der Waals surface area contributed by atoms with Gasteiger partial charge in [0.05, 0.1) is 35.7 Å². The number of anilines is 1. The largest absolute Gasteiger partial charge is 0.497 e. The number of nitro benzene ring substituents is 1. The number of methoxy groups -OCH3 is 1. The first kappa shape index (κ1) is 22.3. The Bertz CT molecular complexity index is 1340. The molecule has 0 radical (unpaired) electrons. The molecule has 1 amide bonds. The van der Waals surface area contributed by atoms with E-state index in [1.165, 1.54) is 30.5 Å². The summed E-state index contributed by atoms with van der Waals surface area (Å²) in [7, 11) is 1.57. The molecule has 11 nitrogen and oxygen atoms in total. The van der Waals surface area contributed by atoms with Crippen molar-refractivity contribution < 1.29 is 24.1 Å². The van der Waals surface area contributed by atoms with Crippen LogP contribution in [0.15, 0.2) is 54.7 Å². The van der Waals surface area contributed by atoms with E-state index in [4.69, 9.17) is 9.47 Å². The van der Waals surface area contributed by atoms with Crippen LogP contribution in [0.3, 0.4) is 0 Å². The van der Waals surface area contributed by atoms with Gasteiger partial charge in [-0.2, -0.15) is 0 Å². The van der Waals surface area contributed by atoms with E-state index >= 15 is 0 Å². The molecule has 1 fully saturated rings. The van der Waals surface area contributed by atoms with Gasteiger partial charge in [0.1, 0.15) is 5.75 Å². The monoisotopic (exact) mass is 476 g/mol. The number of pyridine rings is 1. The van der Waals surface area contributed by atoms with E-state index in [1.54, 1.807) is 24.1 Å². The third-order valence-electron chi connectivity index (χ3n) is 6.55. The van der Waals surface area contributed by atoms with Gasteiger partial charge in [0.2, 0.25) is 5.91 Å². The Kier molecular flexibility index (Phi) is 5.31. The van der Waals surface area contributed by atoms with Gasteiger partial charge in [-0.05, 0) is 46.5 Å². The minimum Gasteiger partial charge on any atom is -0.497 e. The number of amides is 1. The summed E-state index contributed by atoms with van der Waals surface area (Å²) < 4.78 is 11.2. The van der Waals surface area contributed by atoms with Crippen LogP contribution in [0.25, 0.3) is 0 Å². The number of rotatable bonds is 7. The maximum Gasteiger partial charge on any atom is 0.363 e. The summed E-state index contributed by atoms with van der Waals surface area (Å²) in [4.78, 5) is 40.5. The molecule has 2 heterocycles. The van der Waals surface area contributed by atoms with Gasteiger partial charge in [-0.3, -0.25) is 14.9 Å². The van der Waals surface area contributed by atoms with Crippen LogP contribution in [0.4, 0.5) is 17.2 Å². The van der Waals surface area contributed by atoms with Gasteiger partial charge in [0, 0.05) is 17.7 Å². The Labute approximate surface area is 199 Å². The summed E-state index contributed by atoms with van der Waals surface area (Å²) in [6, 6.07) is 12.6. The molecule has 2 aliphatic rings. The molecule has 0 saturated heterocycles. The van der Waals surface area contributed by atoms with Gasteiger partial charge in [0.25, 0.3) is 5.69 Å². The van der Waals surface area contributed by atoms with Crippen molar-refractivity contribution >= 4 is 23.1 Å². The normalized spacial score (nSPS) is 15.5. The lowest BCUT2D eigenvalue weighted by molar-refractivity contribution is -0.389. The van der Waals surface area contributed by atoms with Crippen molar-refractivity contribution in [2.75, 3.05) is 12.0 Å². The number of nitrogens with zero attached hydrogens (tertiary/aromatic N) is 4. The van der Waals surface area contributed by atoms with Gasteiger partial charge in [0.15, 0.2) is 17.7 Å². The van der Waals surface area contributed by atoms with Crippen molar-refractivity contribution in [3.63, 3.8) is 0 Å². The maximum absolute atomic E-state index is 13.7. The molecule has 178 valence electrons. The van der Waals surface area contributed by atoms with E-state index in [9.17, 15) is 25.0 Å². The molecule has 0 atom stereocenters. The first-order valence-electron chi connectivity index (χ1n) is 10.9. The summed E-state index contributed by atoms with van der Waals surface area (Å²) in [6.07, 6.45) is 3.20. The quantitative estimate of drug-likeness (QED) is 0.354. The number of ether oxygens (including phenoxy) is 2. The second-order valence-electron chi connectivity index (χ2n) is 8.48. The highest BCUT2D eigenvalue weighted by Gasteiger charge is 2.56. The predicted molar refractivity (Wildman–Crippen MR) is 124 cm³/mol. The second-order valence-corrected chi connectivity index (χ2v) is 8.48. The topological polar surface area (TPSA) is 138 Å². The zero-order valence-corrected chi connectivity index (χ0v) is 18.7. The number of fused-ring (bicyclic) bond motifs is 2. The van der Waals surface area contributed by atoms with E-state index in [0.717, 1.165) is 12.0 Å². The van der Waals surface area contributed by atoms with Crippen molar-refractivity contribution in [3.8, 4) is 17.2 Å². The minimum absolute atomic E-state index is 0.121. The third kappa shape index (κ3) is 3.70. The van der Waals surface area contributed by atoms with Crippen LogP contribution in [0.2, 0.25) is 0 Å². The van der Waals surface area contributed by atoms with E-state index in [-0.39, 0.29) is 35.5 Å². The minimum atomic E-state index is -0.820. The molecule has 2 aromatic carbocycles. The molecule has 0 unspecified atom stereocenters. The number of aromatic nitrogens is 1. The number of carbonyl (C=O) groups excluding carboxylic acids is 1. The summed E-state index contributed by atoms with van der Waals surface area (Å²) >= 11 is 0. The van der Waals surface area contributed by atoms with Crippen LogP contribution in [-0.4, -0.2) is 27.8 Å². The van der Waals surface area contributed by atoms with Crippen molar-refractivity contribution in [2.45, 2.75) is 31.2 Å². The fourth-order valence-corrected chi connectivity index (χ4v) is 4.64. The van der Waals surface area contributed by atoms with Crippen LogP contribution < -0.4 is 14.4 Å². The van der Waals surface area contributed by atoms with Crippen LogP contribution >= 0.6 is 0 Å². The number of benzene rings is 2. The predicted octanol–water partition coefficient (Wildman–Crippen LogP) is 4.67. The standard InChI is InChI=1S/C24H20N4O7/c1-34-17-5-3-15(4-6-17)14-26-22-19(24(23(26)29)9-2-10-24)11-16(27(30)31)12-20(22)35-18-7-8-21(25-13-18)28(32)33/h3-8,11-13H,2,9-10,14H2,1H3. The van der Waals surface area contributed by atoms with Gasteiger partial charge in [-0.1, -0.05) is 18.6 Å². The molecule has 5 rings (SSSR count). The van der Waals surface area contributed by atoms with E-state index in [2.05, 4.69) is 4.98 Å². The molecular formula is C24H20N4O7. The van der Waals surface area contributed by atoms with Crippen molar-refractivity contribution in [3.05, 3.63) is 86.1 Å². The van der Waals surface area contributed by atoms with Crippen molar-refractivity contribution in [2.24, 2.45) is 0 Å². The first-order valence-corrected chi connectivity index (χ1v) is 10.9. The fourth-order valence-electron chi connectivity index (χ4n) is 4.64. The lowest BCUT2D eigenvalue weighted by atomic mass is 9.65. The van der Waals surface area contributed by atoms with Crippen LogP contribution in [0, 0.1) is 20.2 Å². The molecule has 1 aliphatic carbocycles. The summed E-state index contributed by atoms with van der Waals surface area (Å²) in [5.74, 6) is 0.482. The van der Waals surface area contributed by atoms with Crippen LogP contribution in [0.1, 0.15) is 30.4 Å². The number of nitro groups is 2. The number of carbonyl (C=O) groups is 1. The summed E-state index contributed by atoms with van der Waals surface area (Å²) in [6.45, 7) is 0.240. The second kappa shape index (κ2) is 8.35. The summed E-state index contributed by atoms with van der Waals surface area (Å²) in [5, 5.41) is 22.6. The van der Waals surface area contributed by atoms with E-state index in [0.29, 0.717) is 29.8 Å². The van der Waals surface area contributed by atoms with Gasteiger partial charge in [-0.25, -0.2) is 0 Å². The van der Waals surface area contributed by atoms with E-state index < -0.39 is 15.3 Å². The number of hydrogen-bond acceptors (Lipinski definition) is 8. The Balaban J connectivity index is 1.60. The van der Waals surface area contributed by atoms with Crippen molar-refractivity contribution in [1.82, 2.24) is 4.98 Å². The molecular weight excluding hydrogens is 456 g/mol. The van der Waals surface area contributed by atoms with E-state index in [1.807, 2.05) is 12.1 Å². The molecule has 0 N–H and O–H groups in total. The molecule has 35 heavy (non-hydrogen) atoms. The molecule has 1 saturated carbocycles. The molecule has 1 aliphatic heterocycles. The molecule has 1 aromatic heterocycles. The molecule has 3 aromatic rings. The first-order chi connectivity index (χ1) is 16.8. The maximum atomic E-state index is 13.7. The smallest absolute Gasteiger partial charge is 0.363 e. The number of non-ortho nitro benzene ring substituents is 1. The van der Waals surface area contributed by atoms with Crippen LogP contribution in [0.5, 0.6) is 17.2 Å². The Morgan fingerprint density at radius 3 is 2.29 bits per heavy atom. The molecule has 1 spiro atoms. The Morgan fingerprint density at radius 1 is 1.03 bits per heavy atom. The summed E-state index contributed by atoms with van der Waals surface area (Å²) in [5.41, 5.74) is 0.872. The average molecular weight is 476 g/mol. The fraction of sp³-hybridized carbons (Fsp3) is 0.250. The van der Waals surface area contributed by atoms with Gasteiger partial charge >= 0.3 is 5.82 Å². The van der Waals surface area contributed by atoms with Crippen LogP contribution in [-0.2, 0) is 16.8 Å². The third-order valence-corrected chi connectivity index (χ3v) is 6.55. The Hall–Kier alpha value is -4.54. The zero-order chi connectivity index (χ0) is 24.7. The average Bonchev–Trinajstić information content (AvgIpc) is 3.08. The lowest BCUT2D eigenvalue weighted by Crippen LogP contribution is -2.44. The highest BCUT2D eigenvalue weighted by molar-refractivity contribution is 6.10. The Morgan fingerprint density at radius 2 is 1.74 bits per heavy atom. The highest BCUT2D eigenvalue weighted by atomic mass is 16.6. The van der Waals surface area contributed by atoms with Crippen molar-refractivity contribution in [1.29, 1.82) is 0 Å². The number of hydrogen-bond donors (Lipinski definition) is 0. The molecule has 11 heteroatoms. The molecule has 0 bridgehead atoms. The van der Waals surface area contributed by atoms with Gasteiger partial charge in [-0.15, -0.1) is 0 Å². The highest BCUT2D eigenvalue weighted by Crippen LogP contribution is 2.58. The SMILES string of the molecule is COc1ccc(CN2C(=O)C3(CCC3)c3cc([N+](=O)[O-])cc(Oc4ccc([N+](=O)[O-])nc4)c32)cc1. The van der Waals surface area contributed by atoms with Gasteiger partial charge < -0.3 is 24.5 Å². The zero-order valence-electron chi connectivity index (χ0n) is 18.7. The lowest BCUT2D eigenvalue weighted by Gasteiger charge is -2.36.